The molecule has 4 heterocycles. The number of nitrogens with zero attached hydrogens (tertiary/aromatic N) is 5. The molecule has 3 aromatic carbocycles. The Labute approximate surface area is 480 Å². The molecule has 0 aliphatic carbocycles. The molecular formula is C58H64N6O20. The van der Waals surface area contributed by atoms with Gasteiger partial charge in [0.1, 0.15) is 60.3 Å². The molecule has 2 aliphatic rings. The number of carbonyl (C=O) groups is 4. The molecule has 2 saturated heterocycles. The van der Waals surface area contributed by atoms with Crippen LogP contribution in [0, 0.1) is 23.7 Å². The van der Waals surface area contributed by atoms with Crippen LogP contribution >= 0.6 is 0 Å². The number of aliphatic hydroxyl groups is 8. The number of carboxylic acid groups (broad SMARTS) is 4. The third-order valence-electron chi connectivity index (χ3n) is 13.1. The molecule has 14 N–H and O–H groups in total. The molecular weight excluding hydrogens is 1100 g/mol. The second-order valence-electron chi connectivity index (χ2n) is 19.9. The fraction of sp³-hybridized carbons (Fsp3) is 0.379. The molecule has 26 heteroatoms. The number of nitrogens with two attached hydrogens (primary N) is 1. The second-order valence-corrected chi connectivity index (χ2v) is 19.9. The number of nitrogen functional groups attached to an aromatic ring is 1. The van der Waals surface area contributed by atoms with E-state index in [1.807, 2.05) is 17.0 Å². The number of hydrogen-bond acceptors (Lipinski definition) is 22. The van der Waals surface area contributed by atoms with Crippen LogP contribution in [-0.4, -0.2) is 217 Å². The van der Waals surface area contributed by atoms with E-state index in [1.165, 1.54) is 34.1 Å². The van der Waals surface area contributed by atoms with Crippen LogP contribution in [0.2, 0.25) is 0 Å². The fourth-order valence-corrected chi connectivity index (χ4v) is 9.09. The van der Waals surface area contributed by atoms with Crippen molar-refractivity contribution in [1.82, 2.24) is 24.7 Å². The zero-order valence-corrected chi connectivity index (χ0v) is 44.9. The SMILES string of the molecule is Nc1ccc(CCN(Cc2cc(C#Cc3ccc(O[C@H]4OC(CO)[C@@H](O)[C@@H](O)C4O)cc3)cc(CN(CC(=O)O)CC(=O)O)n2)Cc2cc(C#Cc3ccc(O[C@@H]4OC(CO)[C@H](O)C(O)[C@H]4O)cc3)cc(CN(CC(=O)O)CC(=O)O)n2)cc1. The van der Waals surface area contributed by atoms with Crippen molar-refractivity contribution in [2.75, 3.05) is 51.7 Å². The van der Waals surface area contributed by atoms with Gasteiger partial charge in [0.2, 0.25) is 12.6 Å². The van der Waals surface area contributed by atoms with E-state index in [0.29, 0.717) is 52.3 Å². The van der Waals surface area contributed by atoms with E-state index in [2.05, 4.69) is 23.7 Å². The van der Waals surface area contributed by atoms with Gasteiger partial charge in [-0.1, -0.05) is 35.8 Å². The third-order valence-corrected chi connectivity index (χ3v) is 13.1. The van der Waals surface area contributed by atoms with Crippen LogP contribution < -0.4 is 15.2 Å². The van der Waals surface area contributed by atoms with Crippen molar-refractivity contribution < 1.29 is 99.4 Å². The first-order valence-electron chi connectivity index (χ1n) is 26.2. The van der Waals surface area contributed by atoms with Crippen molar-refractivity contribution in [3.8, 4) is 35.2 Å². The zero-order chi connectivity index (χ0) is 60.6. The Morgan fingerprint density at radius 2 is 0.798 bits per heavy atom. The number of pyridine rings is 2. The molecule has 26 nitrogen and oxygen atoms in total. The summed E-state index contributed by atoms with van der Waals surface area (Å²) in [5, 5.41) is 120. The van der Waals surface area contributed by atoms with Crippen LogP contribution in [-0.2, 0) is 61.3 Å². The number of rotatable bonds is 25. The van der Waals surface area contributed by atoms with Crippen molar-refractivity contribution in [3.63, 3.8) is 0 Å². The van der Waals surface area contributed by atoms with Gasteiger partial charge in [-0.15, -0.1) is 0 Å². The number of benzene rings is 3. The quantitative estimate of drug-likeness (QED) is 0.0231. The standard InChI is InChI=1S/C58H64N6O20/c59-38-11-5-35(6-12-38)17-18-62(23-39-19-36(21-41(60-39)25-63(27-47(67)68)28-48(69)70)3-1-33-7-13-43(14-8-33)81-57-55(79)53(77)51(75)45(31-65)83-57)24-40-20-37(22-42(61-40)26-64(29-49(71)72)30-50(73)74)4-2-34-9-15-44(16-10-34)82-58-56(80)54(78)52(76)46(32-66)84-58/h5-16,19-22,45-46,51-58,65-66,75-80H,17-18,23-32,59H2,(H,67,68)(H,69,70)(H,71,72)(H,73,74)/t45?,46?,51-,52+,53-,54?,55?,56-,57+,58-/m1/s1. The van der Waals surface area contributed by atoms with Crippen molar-refractivity contribution in [2.24, 2.45) is 0 Å². The van der Waals surface area contributed by atoms with Gasteiger partial charge < -0.3 is 86.0 Å². The van der Waals surface area contributed by atoms with E-state index in [-0.39, 0.29) is 49.1 Å². The predicted molar refractivity (Wildman–Crippen MR) is 292 cm³/mol. The summed E-state index contributed by atoms with van der Waals surface area (Å²) in [5.74, 6) is 7.62. The molecule has 2 fully saturated rings. The Kier molecular flexibility index (Phi) is 22.6. The first-order valence-corrected chi connectivity index (χ1v) is 26.2. The summed E-state index contributed by atoms with van der Waals surface area (Å²) in [6, 6.07) is 26.3. The monoisotopic (exact) mass is 1160 g/mol. The third kappa shape index (κ3) is 18.7. The van der Waals surface area contributed by atoms with Crippen LogP contribution in [0.15, 0.2) is 97.1 Å². The number of hydrogen-bond donors (Lipinski definition) is 13. The van der Waals surface area contributed by atoms with Crippen molar-refractivity contribution >= 4 is 29.6 Å². The molecule has 0 spiro atoms. The lowest BCUT2D eigenvalue weighted by Crippen LogP contribution is -2.60. The first-order chi connectivity index (χ1) is 40.1. The number of carboxylic acids is 4. The highest BCUT2D eigenvalue weighted by molar-refractivity contribution is 5.73. The van der Waals surface area contributed by atoms with E-state index in [9.17, 15) is 80.5 Å². The Morgan fingerprint density at radius 3 is 1.13 bits per heavy atom. The van der Waals surface area contributed by atoms with Gasteiger partial charge in [0.15, 0.2) is 0 Å². The van der Waals surface area contributed by atoms with Gasteiger partial charge in [-0.05, 0) is 96.9 Å². The number of aromatic nitrogens is 2. The summed E-state index contributed by atoms with van der Waals surface area (Å²) in [5.41, 5.74) is 10.6. The van der Waals surface area contributed by atoms with Gasteiger partial charge in [0.25, 0.3) is 0 Å². The van der Waals surface area contributed by atoms with Gasteiger partial charge in [0.05, 0.1) is 62.2 Å². The lowest BCUT2D eigenvalue weighted by molar-refractivity contribution is -0.277. The highest BCUT2D eigenvalue weighted by atomic mass is 16.7. The summed E-state index contributed by atoms with van der Waals surface area (Å²) in [6.07, 6.45) is -14.5. The minimum absolute atomic E-state index is 0.0912. The molecule has 7 rings (SSSR count). The van der Waals surface area contributed by atoms with E-state index in [4.69, 9.17) is 34.6 Å². The van der Waals surface area contributed by atoms with Crippen molar-refractivity contribution in [2.45, 2.75) is 94.0 Å². The highest BCUT2D eigenvalue weighted by Crippen LogP contribution is 2.27. The van der Waals surface area contributed by atoms with E-state index in [1.54, 1.807) is 60.7 Å². The number of anilines is 1. The maximum Gasteiger partial charge on any atom is 0.317 e. The van der Waals surface area contributed by atoms with Crippen molar-refractivity contribution in [1.29, 1.82) is 0 Å². The normalized spacial score (nSPS) is 22.1. The maximum atomic E-state index is 11.9. The Bertz CT molecular complexity index is 2960. The molecule has 446 valence electrons. The van der Waals surface area contributed by atoms with Crippen LogP contribution in [0.25, 0.3) is 0 Å². The molecule has 0 radical (unpaired) electrons. The molecule has 0 saturated carbocycles. The molecule has 10 atom stereocenters. The van der Waals surface area contributed by atoms with Crippen LogP contribution in [0.4, 0.5) is 5.69 Å². The highest BCUT2D eigenvalue weighted by Gasteiger charge is 2.46. The molecule has 4 unspecified atom stereocenters. The lowest BCUT2D eigenvalue weighted by atomic mass is 9.99. The second kappa shape index (κ2) is 29.9. The van der Waals surface area contributed by atoms with Gasteiger partial charge in [0, 0.05) is 60.7 Å². The van der Waals surface area contributed by atoms with E-state index < -0.39 is 125 Å². The zero-order valence-electron chi connectivity index (χ0n) is 44.9. The summed E-state index contributed by atoms with van der Waals surface area (Å²) >= 11 is 0. The van der Waals surface area contributed by atoms with Crippen LogP contribution in [0.5, 0.6) is 11.5 Å². The van der Waals surface area contributed by atoms with Gasteiger partial charge in [-0.3, -0.25) is 43.8 Å². The largest absolute Gasteiger partial charge is 0.480 e. The number of ether oxygens (including phenoxy) is 4. The van der Waals surface area contributed by atoms with Gasteiger partial charge >= 0.3 is 23.9 Å². The number of aliphatic hydroxyl groups excluding tert-OH is 8. The molecule has 2 aliphatic heterocycles. The predicted octanol–water partition coefficient (Wildman–Crippen LogP) is -1.60. The van der Waals surface area contributed by atoms with Crippen LogP contribution in [0.3, 0.4) is 0 Å². The van der Waals surface area contributed by atoms with Gasteiger partial charge in [-0.2, -0.15) is 0 Å². The smallest absolute Gasteiger partial charge is 0.317 e. The maximum absolute atomic E-state index is 11.9. The molecule has 0 amide bonds. The first kappa shape index (κ1) is 63.4. The molecule has 5 aromatic rings. The summed E-state index contributed by atoms with van der Waals surface area (Å²) < 4.78 is 22.3. The fourth-order valence-electron chi connectivity index (χ4n) is 9.09. The topological polar surface area (TPSA) is 409 Å². The minimum atomic E-state index is -1.65. The van der Waals surface area contributed by atoms with Gasteiger partial charge in [-0.25, -0.2) is 0 Å². The molecule has 0 bridgehead atoms. The lowest BCUT2D eigenvalue weighted by Gasteiger charge is -2.39. The number of aliphatic carboxylic acids is 4. The Morgan fingerprint density at radius 1 is 0.464 bits per heavy atom. The van der Waals surface area contributed by atoms with Crippen LogP contribution in [0.1, 0.15) is 50.6 Å². The minimum Gasteiger partial charge on any atom is -0.480 e. The molecule has 84 heavy (non-hydrogen) atoms. The summed E-state index contributed by atoms with van der Waals surface area (Å²) in [4.78, 5) is 61.6. The summed E-state index contributed by atoms with van der Waals surface area (Å²) in [6.45, 7) is -3.67. The Balaban J connectivity index is 1.21. The van der Waals surface area contributed by atoms with Crippen molar-refractivity contribution in [3.05, 3.63) is 148 Å². The Hall–Kier alpha value is -8.16. The average Bonchev–Trinajstić information content (AvgIpc) is 3.32. The molecule has 2 aromatic heterocycles. The van der Waals surface area contributed by atoms with E-state index >= 15 is 0 Å². The summed E-state index contributed by atoms with van der Waals surface area (Å²) in [7, 11) is 0. The van der Waals surface area contributed by atoms with E-state index in [0.717, 1.165) is 5.56 Å². The average molecular weight is 1170 g/mol.